The molecule has 1 aliphatic carbocycles. The van der Waals surface area contributed by atoms with Crippen molar-refractivity contribution in [3.8, 4) is 5.88 Å². The fraction of sp³-hybridized carbons (Fsp3) is 0.556. The topological polar surface area (TPSA) is 75.2 Å². The molecule has 0 bridgehead atoms. The van der Waals surface area contributed by atoms with Gasteiger partial charge in [-0.1, -0.05) is 0 Å². The number of aromatic nitrogens is 2. The second-order valence-corrected chi connectivity index (χ2v) is 3.45. The number of carboxylic acid groups (broad SMARTS) is 1. The number of aromatic amines is 1. The van der Waals surface area contributed by atoms with Crippen molar-refractivity contribution in [2.24, 2.45) is 0 Å². The Morgan fingerprint density at radius 1 is 1.57 bits per heavy atom. The second-order valence-electron chi connectivity index (χ2n) is 3.45. The van der Waals surface area contributed by atoms with E-state index in [4.69, 9.17) is 9.84 Å². The quantitative estimate of drug-likeness (QED) is 0.766. The number of ether oxygens (including phenoxy) is 1. The standard InChI is InChI=1S/C9H12N2O3/c12-9(13)7-5-8(11-10-7)14-6-3-1-2-4-6/h5-6H,1-4H2,(H,10,11)(H,12,13). The summed E-state index contributed by atoms with van der Waals surface area (Å²) in [5.74, 6) is -0.631. The zero-order valence-corrected chi connectivity index (χ0v) is 7.69. The summed E-state index contributed by atoms with van der Waals surface area (Å²) in [6, 6.07) is 1.42. The maximum atomic E-state index is 10.5. The highest BCUT2D eigenvalue weighted by molar-refractivity contribution is 5.85. The van der Waals surface area contributed by atoms with Crippen LogP contribution in [0.5, 0.6) is 5.88 Å². The third-order valence-corrected chi connectivity index (χ3v) is 2.37. The molecule has 0 saturated heterocycles. The normalized spacial score (nSPS) is 17.1. The average Bonchev–Trinajstić information content (AvgIpc) is 2.75. The lowest BCUT2D eigenvalue weighted by atomic mass is 10.3. The van der Waals surface area contributed by atoms with Crippen molar-refractivity contribution < 1.29 is 14.6 Å². The smallest absolute Gasteiger partial charge is 0.354 e. The van der Waals surface area contributed by atoms with Crippen LogP contribution in [-0.4, -0.2) is 27.4 Å². The van der Waals surface area contributed by atoms with Crippen molar-refractivity contribution in [1.82, 2.24) is 10.2 Å². The molecule has 0 aliphatic heterocycles. The molecule has 2 N–H and O–H groups in total. The van der Waals surface area contributed by atoms with Gasteiger partial charge in [-0.05, 0) is 25.7 Å². The van der Waals surface area contributed by atoms with Crippen LogP contribution in [0.3, 0.4) is 0 Å². The first-order valence-electron chi connectivity index (χ1n) is 4.71. The van der Waals surface area contributed by atoms with Gasteiger partial charge in [-0.3, -0.25) is 5.10 Å². The molecule has 1 fully saturated rings. The molecule has 0 amide bonds. The van der Waals surface area contributed by atoms with E-state index in [0.29, 0.717) is 5.88 Å². The van der Waals surface area contributed by atoms with E-state index >= 15 is 0 Å². The zero-order chi connectivity index (χ0) is 9.97. The van der Waals surface area contributed by atoms with Gasteiger partial charge in [0.2, 0.25) is 5.88 Å². The summed E-state index contributed by atoms with van der Waals surface area (Å²) in [6.07, 6.45) is 4.65. The van der Waals surface area contributed by atoms with Crippen LogP contribution < -0.4 is 4.74 Å². The van der Waals surface area contributed by atoms with Crippen molar-refractivity contribution in [1.29, 1.82) is 0 Å². The van der Waals surface area contributed by atoms with E-state index in [0.717, 1.165) is 12.8 Å². The van der Waals surface area contributed by atoms with Gasteiger partial charge in [-0.2, -0.15) is 0 Å². The largest absolute Gasteiger partial charge is 0.477 e. The molecule has 0 spiro atoms. The minimum Gasteiger partial charge on any atom is -0.477 e. The number of carbonyl (C=O) groups is 1. The van der Waals surface area contributed by atoms with E-state index in [1.165, 1.54) is 18.9 Å². The van der Waals surface area contributed by atoms with Gasteiger partial charge in [0.1, 0.15) is 11.8 Å². The minimum absolute atomic E-state index is 0.0676. The van der Waals surface area contributed by atoms with Crippen molar-refractivity contribution in [3.05, 3.63) is 11.8 Å². The highest BCUT2D eigenvalue weighted by atomic mass is 16.5. The van der Waals surface area contributed by atoms with Crippen molar-refractivity contribution >= 4 is 5.97 Å². The van der Waals surface area contributed by atoms with E-state index < -0.39 is 5.97 Å². The monoisotopic (exact) mass is 196 g/mol. The number of nitrogens with zero attached hydrogens (tertiary/aromatic N) is 1. The van der Waals surface area contributed by atoms with Crippen LogP contribution in [0.25, 0.3) is 0 Å². The fourth-order valence-electron chi connectivity index (χ4n) is 1.65. The summed E-state index contributed by atoms with van der Waals surface area (Å²) in [5.41, 5.74) is 0.0676. The maximum absolute atomic E-state index is 10.5. The van der Waals surface area contributed by atoms with E-state index in [2.05, 4.69) is 10.2 Å². The highest BCUT2D eigenvalue weighted by Gasteiger charge is 2.18. The maximum Gasteiger partial charge on any atom is 0.354 e. The summed E-state index contributed by atoms with van der Waals surface area (Å²) in [7, 11) is 0. The lowest BCUT2D eigenvalue weighted by molar-refractivity contribution is 0.0690. The molecule has 0 unspecified atom stereocenters. The Kier molecular flexibility index (Phi) is 2.39. The van der Waals surface area contributed by atoms with Gasteiger partial charge in [0.05, 0.1) is 0 Å². The molecule has 1 saturated carbocycles. The molecule has 0 atom stereocenters. The van der Waals surface area contributed by atoms with E-state index in [-0.39, 0.29) is 11.8 Å². The zero-order valence-electron chi connectivity index (χ0n) is 7.69. The summed E-state index contributed by atoms with van der Waals surface area (Å²) in [6.45, 7) is 0. The lowest BCUT2D eigenvalue weighted by Gasteiger charge is -2.08. The van der Waals surface area contributed by atoms with Gasteiger partial charge >= 0.3 is 5.97 Å². The Labute approximate surface area is 81.1 Å². The first-order chi connectivity index (χ1) is 6.75. The number of H-pyrrole nitrogens is 1. The first kappa shape index (κ1) is 9.05. The van der Waals surface area contributed by atoms with Crippen LogP contribution in [0.4, 0.5) is 0 Å². The Hall–Kier alpha value is -1.52. The van der Waals surface area contributed by atoms with Gasteiger partial charge < -0.3 is 9.84 Å². The Balaban J connectivity index is 1.98. The van der Waals surface area contributed by atoms with E-state index in [1.54, 1.807) is 0 Å². The van der Waals surface area contributed by atoms with Crippen LogP contribution in [0.2, 0.25) is 0 Å². The third kappa shape index (κ3) is 1.86. The molecule has 1 heterocycles. The molecule has 1 aromatic heterocycles. The van der Waals surface area contributed by atoms with Gasteiger partial charge in [0.15, 0.2) is 0 Å². The van der Waals surface area contributed by atoms with Crippen LogP contribution in [-0.2, 0) is 0 Å². The third-order valence-electron chi connectivity index (χ3n) is 2.37. The van der Waals surface area contributed by atoms with Gasteiger partial charge in [-0.15, -0.1) is 5.10 Å². The molecule has 14 heavy (non-hydrogen) atoms. The van der Waals surface area contributed by atoms with Crippen molar-refractivity contribution in [2.75, 3.05) is 0 Å². The number of aromatic carboxylic acids is 1. The molecule has 0 radical (unpaired) electrons. The SMILES string of the molecule is O=C(O)c1cc(OC2CCCC2)n[nH]1. The fourth-order valence-corrected chi connectivity index (χ4v) is 1.65. The van der Waals surface area contributed by atoms with E-state index in [9.17, 15) is 4.79 Å². The van der Waals surface area contributed by atoms with Crippen LogP contribution >= 0.6 is 0 Å². The average molecular weight is 196 g/mol. The van der Waals surface area contributed by atoms with E-state index in [1.807, 2.05) is 0 Å². The molecular weight excluding hydrogens is 184 g/mol. The predicted molar refractivity (Wildman–Crippen MR) is 48.4 cm³/mol. The molecule has 76 valence electrons. The molecule has 5 heteroatoms. The molecule has 5 nitrogen and oxygen atoms in total. The molecule has 0 aromatic carbocycles. The Bertz CT molecular complexity index is 329. The lowest BCUT2D eigenvalue weighted by Crippen LogP contribution is -2.10. The molecule has 1 aromatic rings. The number of carboxylic acids is 1. The summed E-state index contributed by atoms with van der Waals surface area (Å²) in [4.78, 5) is 10.5. The molecule has 2 rings (SSSR count). The van der Waals surface area contributed by atoms with Gasteiger partial charge in [-0.25, -0.2) is 4.79 Å². The number of nitrogens with one attached hydrogen (secondary N) is 1. The van der Waals surface area contributed by atoms with Crippen LogP contribution in [0.15, 0.2) is 6.07 Å². The van der Waals surface area contributed by atoms with Crippen molar-refractivity contribution in [3.63, 3.8) is 0 Å². The summed E-state index contributed by atoms with van der Waals surface area (Å²) < 4.78 is 5.50. The highest BCUT2D eigenvalue weighted by Crippen LogP contribution is 2.22. The number of hydrogen-bond acceptors (Lipinski definition) is 3. The predicted octanol–water partition coefficient (Wildman–Crippen LogP) is 1.43. The first-order valence-corrected chi connectivity index (χ1v) is 4.71. The van der Waals surface area contributed by atoms with Crippen molar-refractivity contribution in [2.45, 2.75) is 31.8 Å². The van der Waals surface area contributed by atoms with Crippen LogP contribution in [0.1, 0.15) is 36.2 Å². The number of rotatable bonds is 3. The summed E-state index contributed by atoms with van der Waals surface area (Å²) >= 11 is 0. The Morgan fingerprint density at radius 2 is 2.29 bits per heavy atom. The van der Waals surface area contributed by atoms with Crippen LogP contribution in [0, 0.1) is 0 Å². The molecular formula is C9H12N2O3. The van der Waals surface area contributed by atoms with Gasteiger partial charge in [0, 0.05) is 6.07 Å². The van der Waals surface area contributed by atoms with Gasteiger partial charge in [0.25, 0.3) is 0 Å². The summed E-state index contributed by atoms with van der Waals surface area (Å²) in [5, 5.41) is 14.8. The number of hydrogen-bond donors (Lipinski definition) is 2. The molecule has 1 aliphatic rings. The minimum atomic E-state index is -1.02. The second kappa shape index (κ2) is 3.69. The Morgan fingerprint density at radius 3 is 2.86 bits per heavy atom.